The summed E-state index contributed by atoms with van der Waals surface area (Å²) in [7, 11) is 0. The quantitative estimate of drug-likeness (QED) is 0.729. The topological polar surface area (TPSA) is 77.8 Å². The van der Waals surface area contributed by atoms with E-state index in [1.165, 1.54) is 0 Å². The summed E-state index contributed by atoms with van der Waals surface area (Å²) in [5.74, 6) is 0.375. The molecule has 0 aliphatic heterocycles. The summed E-state index contributed by atoms with van der Waals surface area (Å²) in [6.07, 6.45) is 1.93. The van der Waals surface area contributed by atoms with Crippen LogP contribution in [0.4, 0.5) is 17.2 Å². The third-order valence-electron chi connectivity index (χ3n) is 3.80. The van der Waals surface area contributed by atoms with Crippen LogP contribution in [0, 0.1) is 18.3 Å². The van der Waals surface area contributed by atoms with Gasteiger partial charge in [-0.25, -0.2) is 4.98 Å². The van der Waals surface area contributed by atoms with Gasteiger partial charge >= 0.3 is 0 Å². The van der Waals surface area contributed by atoms with Gasteiger partial charge in [-0.05, 0) is 36.8 Å². The van der Waals surface area contributed by atoms with E-state index in [1.54, 1.807) is 18.3 Å². The lowest BCUT2D eigenvalue weighted by Crippen LogP contribution is -2.15. The van der Waals surface area contributed by atoms with E-state index >= 15 is 0 Å². The number of nitrogens with zero attached hydrogens (tertiary/aromatic N) is 2. The van der Waals surface area contributed by atoms with Gasteiger partial charge in [0.25, 0.3) is 0 Å². The van der Waals surface area contributed by atoms with Crippen LogP contribution in [-0.4, -0.2) is 10.9 Å². The van der Waals surface area contributed by atoms with Gasteiger partial charge in [0.1, 0.15) is 11.9 Å². The van der Waals surface area contributed by atoms with Crippen molar-refractivity contribution in [2.24, 2.45) is 0 Å². The number of pyridine rings is 1. The van der Waals surface area contributed by atoms with E-state index < -0.39 is 0 Å². The average Bonchev–Trinajstić information content (AvgIpc) is 2.64. The van der Waals surface area contributed by atoms with Crippen LogP contribution >= 0.6 is 0 Å². The minimum atomic E-state index is -0.112. The predicted molar refractivity (Wildman–Crippen MR) is 102 cm³/mol. The van der Waals surface area contributed by atoms with Crippen molar-refractivity contribution in [2.45, 2.75) is 13.3 Å². The van der Waals surface area contributed by atoms with Crippen molar-refractivity contribution in [3.8, 4) is 6.07 Å². The highest BCUT2D eigenvalue weighted by atomic mass is 16.1. The van der Waals surface area contributed by atoms with Crippen LogP contribution in [0.3, 0.4) is 0 Å². The van der Waals surface area contributed by atoms with Crippen molar-refractivity contribution in [3.05, 3.63) is 83.6 Å². The molecule has 0 radical (unpaired) electrons. The molecule has 5 nitrogen and oxygen atoms in total. The first-order chi connectivity index (χ1) is 12.6. The Morgan fingerprint density at radius 1 is 1.12 bits per heavy atom. The molecule has 5 heteroatoms. The second-order valence-electron chi connectivity index (χ2n) is 5.93. The fraction of sp³-hybridized carbons (Fsp3) is 0.0952. The van der Waals surface area contributed by atoms with Gasteiger partial charge < -0.3 is 10.6 Å². The number of amides is 1. The number of hydrogen-bond donors (Lipinski definition) is 2. The number of carbonyl (C=O) groups excluding carboxylic acids is 1. The normalized spacial score (nSPS) is 10.0. The number of hydrogen-bond acceptors (Lipinski definition) is 4. The average molecular weight is 342 g/mol. The number of carbonyl (C=O) groups is 1. The number of anilines is 3. The number of aryl methyl sites for hydroxylation is 1. The zero-order chi connectivity index (χ0) is 18.4. The summed E-state index contributed by atoms with van der Waals surface area (Å²) in [5.41, 5.74) is 4.11. The number of rotatable bonds is 5. The molecule has 0 aliphatic carbocycles. The van der Waals surface area contributed by atoms with Gasteiger partial charge in [0.15, 0.2) is 0 Å². The predicted octanol–water partition coefficient (Wildman–Crippen LogP) is 4.19. The van der Waals surface area contributed by atoms with Crippen LogP contribution in [0.15, 0.2) is 66.9 Å². The summed E-state index contributed by atoms with van der Waals surface area (Å²) in [6.45, 7) is 2.00. The van der Waals surface area contributed by atoms with Crippen molar-refractivity contribution in [3.63, 3.8) is 0 Å². The van der Waals surface area contributed by atoms with Gasteiger partial charge in [-0.15, -0.1) is 0 Å². The third-order valence-corrected chi connectivity index (χ3v) is 3.80. The molecule has 0 unspecified atom stereocenters. The highest BCUT2D eigenvalue weighted by Crippen LogP contribution is 2.20. The zero-order valence-corrected chi connectivity index (χ0v) is 14.4. The first-order valence-corrected chi connectivity index (χ1v) is 8.21. The Balaban J connectivity index is 1.62. The van der Waals surface area contributed by atoms with Gasteiger partial charge in [0.05, 0.1) is 29.6 Å². The van der Waals surface area contributed by atoms with Crippen LogP contribution in [0.5, 0.6) is 0 Å². The minimum Gasteiger partial charge on any atom is -0.353 e. The Morgan fingerprint density at radius 2 is 1.96 bits per heavy atom. The van der Waals surface area contributed by atoms with Crippen LogP contribution < -0.4 is 10.6 Å². The van der Waals surface area contributed by atoms with E-state index in [2.05, 4.69) is 21.7 Å². The van der Waals surface area contributed by atoms with Crippen LogP contribution in [0.2, 0.25) is 0 Å². The molecule has 0 aliphatic rings. The first kappa shape index (κ1) is 17.2. The number of aromatic nitrogens is 1. The highest BCUT2D eigenvalue weighted by molar-refractivity contribution is 5.91. The number of nitrogens with one attached hydrogen (secondary N) is 2. The molecule has 0 fully saturated rings. The molecule has 128 valence electrons. The van der Waals surface area contributed by atoms with Gasteiger partial charge in [-0.2, -0.15) is 5.26 Å². The maximum absolute atomic E-state index is 12.1. The van der Waals surface area contributed by atoms with Crippen molar-refractivity contribution < 1.29 is 4.79 Å². The van der Waals surface area contributed by atoms with E-state index in [0.717, 1.165) is 16.8 Å². The smallest absolute Gasteiger partial charge is 0.229 e. The Hall–Kier alpha value is -3.65. The second-order valence-corrected chi connectivity index (χ2v) is 5.93. The molecule has 3 aromatic rings. The molecular formula is C21H18N4O. The first-order valence-electron chi connectivity index (χ1n) is 8.21. The summed E-state index contributed by atoms with van der Waals surface area (Å²) in [6, 6.07) is 20.8. The molecule has 0 saturated carbocycles. The Kier molecular flexibility index (Phi) is 5.25. The number of benzene rings is 2. The number of para-hydroxylation sites is 1. The molecule has 0 atom stereocenters. The van der Waals surface area contributed by atoms with Gasteiger partial charge in [0.2, 0.25) is 5.91 Å². The molecule has 1 aromatic heterocycles. The Morgan fingerprint density at radius 3 is 2.69 bits per heavy atom. The molecule has 0 spiro atoms. The van der Waals surface area contributed by atoms with E-state index in [9.17, 15) is 4.79 Å². The molecule has 26 heavy (non-hydrogen) atoms. The fourth-order valence-electron chi connectivity index (χ4n) is 2.58. The molecule has 1 heterocycles. The van der Waals surface area contributed by atoms with Crippen molar-refractivity contribution >= 4 is 23.1 Å². The van der Waals surface area contributed by atoms with Gasteiger partial charge in [0, 0.05) is 0 Å². The number of nitriles is 1. The Labute approximate surface area is 152 Å². The summed E-state index contributed by atoms with van der Waals surface area (Å²) < 4.78 is 0. The van der Waals surface area contributed by atoms with Crippen LogP contribution in [0.25, 0.3) is 0 Å². The zero-order valence-electron chi connectivity index (χ0n) is 14.4. The molecule has 1 amide bonds. The Bertz CT molecular complexity index is 958. The van der Waals surface area contributed by atoms with E-state index in [4.69, 9.17) is 5.26 Å². The minimum absolute atomic E-state index is 0.112. The third kappa shape index (κ3) is 4.46. The van der Waals surface area contributed by atoms with Crippen molar-refractivity contribution in [1.29, 1.82) is 5.26 Å². The van der Waals surface area contributed by atoms with E-state index in [1.807, 2.05) is 55.5 Å². The lowest BCUT2D eigenvalue weighted by Gasteiger charge is -2.09. The van der Waals surface area contributed by atoms with Crippen LogP contribution in [0.1, 0.15) is 16.7 Å². The SMILES string of the molecule is Cc1cccc(CC(=O)Nc2ccc(Nc3ccccc3C#N)cn2)c1. The van der Waals surface area contributed by atoms with E-state index in [0.29, 0.717) is 23.5 Å². The van der Waals surface area contributed by atoms with Gasteiger partial charge in [-0.1, -0.05) is 42.0 Å². The molecule has 0 saturated heterocycles. The van der Waals surface area contributed by atoms with Crippen LogP contribution in [-0.2, 0) is 11.2 Å². The van der Waals surface area contributed by atoms with Crippen molar-refractivity contribution in [2.75, 3.05) is 10.6 Å². The molecule has 2 N–H and O–H groups in total. The van der Waals surface area contributed by atoms with Gasteiger partial charge in [-0.3, -0.25) is 4.79 Å². The standard InChI is InChI=1S/C21H18N4O/c1-15-5-4-6-16(11-15)12-21(26)25-20-10-9-18(14-23-20)24-19-8-3-2-7-17(19)13-22/h2-11,14,24H,12H2,1H3,(H,23,25,26). The summed E-state index contributed by atoms with van der Waals surface area (Å²) in [5, 5.41) is 15.1. The largest absolute Gasteiger partial charge is 0.353 e. The van der Waals surface area contributed by atoms with E-state index in [-0.39, 0.29) is 5.91 Å². The summed E-state index contributed by atoms with van der Waals surface area (Å²) >= 11 is 0. The molecule has 3 rings (SSSR count). The maximum Gasteiger partial charge on any atom is 0.229 e. The fourth-order valence-corrected chi connectivity index (χ4v) is 2.58. The monoisotopic (exact) mass is 342 g/mol. The molecule has 2 aromatic carbocycles. The summed E-state index contributed by atoms with van der Waals surface area (Å²) in [4.78, 5) is 16.4. The molecular weight excluding hydrogens is 324 g/mol. The highest BCUT2D eigenvalue weighted by Gasteiger charge is 2.06. The molecule has 0 bridgehead atoms. The second kappa shape index (κ2) is 7.95. The maximum atomic E-state index is 12.1. The lowest BCUT2D eigenvalue weighted by atomic mass is 10.1. The lowest BCUT2D eigenvalue weighted by molar-refractivity contribution is -0.115. The van der Waals surface area contributed by atoms with Crippen molar-refractivity contribution in [1.82, 2.24) is 4.98 Å².